The number of likely N-dealkylation sites (tertiary alicyclic amines) is 1. The molecule has 0 aliphatic carbocycles. The number of amides is 2. The zero-order valence-corrected chi connectivity index (χ0v) is 11.4. The molecule has 108 valence electrons. The van der Waals surface area contributed by atoms with Gasteiger partial charge in [-0.05, 0) is 37.6 Å². The molecule has 0 spiro atoms. The van der Waals surface area contributed by atoms with Gasteiger partial charge >= 0.3 is 12.0 Å². The van der Waals surface area contributed by atoms with Gasteiger partial charge in [0.1, 0.15) is 6.04 Å². The van der Waals surface area contributed by atoms with Crippen molar-refractivity contribution in [2.75, 3.05) is 18.9 Å². The second-order valence-corrected chi connectivity index (χ2v) is 4.85. The molecule has 6 nitrogen and oxygen atoms in total. The van der Waals surface area contributed by atoms with Crippen molar-refractivity contribution in [3.05, 3.63) is 29.8 Å². The molecule has 0 unspecified atom stereocenters. The van der Waals surface area contributed by atoms with Gasteiger partial charge in [0.15, 0.2) is 0 Å². The van der Waals surface area contributed by atoms with Crippen LogP contribution >= 0.6 is 0 Å². The number of nitrogens with zero attached hydrogens (tertiary/aromatic N) is 1. The predicted octanol–water partition coefficient (Wildman–Crippen LogP) is 1.49. The van der Waals surface area contributed by atoms with Crippen LogP contribution in [-0.4, -0.2) is 41.6 Å². The SMILES string of the molecule is CNCc1cccc(NC(=O)N2CCC[C@@H]2C(=O)O)c1. The third-order valence-corrected chi connectivity index (χ3v) is 3.36. The molecule has 3 N–H and O–H groups in total. The van der Waals surface area contributed by atoms with E-state index in [4.69, 9.17) is 5.11 Å². The van der Waals surface area contributed by atoms with E-state index in [9.17, 15) is 9.59 Å². The van der Waals surface area contributed by atoms with Crippen LogP contribution in [0.25, 0.3) is 0 Å². The van der Waals surface area contributed by atoms with Crippen LogP contribution in [0, 0.1) is 0 Å². The first-order valence-electron chi connectivity index (χ1n) is 6.66. The lowest BCUT2D eigenvalue weighted by molar-refractivity contribution is -0.141. The van der Waals surface area contributed by atoms with Crippen LogP contribution in [0.1, 0.15) is 18.4 Å². The Hall–Kier alpha value is -2.08. The minimum Gasteiger partial charge on any atom is -0.480 e. The fourth-order valence-corrected chi connectivity index (χ4v) is 2.42. The molecule has 2 rings (SSSR count). The number of aliphatic carboxylic acids is 1. The van der Waals surface area contributed by atoms with E-state index in [0.717, 1.165) is 12.0 Å². The monoisotopic (exact) mass is 277 g/mol. The lowest BCUT2D eigenvalue weighted by Gasteiger charge is -2.22. The number of carbonyl (C=O) groups excluding carboxylic acids is 1. The number of carboxylic acid groups (broad SMARTS) is 1. The van der Waals surface area contributed by atoms with Gasteiger partial charge in [-0.15, -0.1) is 0 Å². The smallest absolute Gasteiger partial charge is 0.326 e. The molecule has 0 saturated carbocycles. The number of hydrogen-bond donors (Lipinski definition) is 3. The van der Waals surface area contributed by atoms with Gasteiger partial charge in [-0.1, -0.05) is 12.1 Å². The molecule has 0 aromatic heterocycles. The van der Waals surface area contributed by atoms with Crippen molar-refractivity contribution in [3.63, 3.8) is 0 Å². The summed E-state index contributed by atoms with van der Waals surface area (Å²) in [6.45, 7) is 1.20. The number of anilines is 1. The molecule has 1 fully saturated rings. The molecule has 0 bridgehead atoms. The van der Waals surface area contributed by atoms with Crippen LogP contribution in [0.4, 0.5) is 10.5 Å². The first-order chi connectivity index (χ1) is 9.61. The van der Waals surface area contributed by atoms with Crippen molar-refractivity contribution >= 4 is 17.7 Å². The normalized spacial score (nSPS) is 18.1. The standard InChI is InChI=1S/C14H19N3O3/c1-15-9-10-4-2-5-11(8-10)16-14(20)17-7-3-6-12(17)13(18)19/h2,4-5,8,12,15H,3,6-7,9H2,1H3,(H,16,20)(H,18,19)/t12-/m1/s1. The Bertz CT molecular complexity index is 504. The van der Waals surface area contributed by atoms with Gasteiger partial charge < -0.3 is 20.6 Å². The predicted molar refractivity (Wildman–Crippen MR) is 75.6 cm³/mol. The van der Waals surface area contributed by atoms with Crippen LogP contribution in [0.3, 0.4) is 0 Å². The van der Waals surface area contributed by atoms with Crippen LogP contribution in [0.5, 0.6) is 0 Å². The molecule has 1 aromatic carbocycles. The van der Waals surface area contributed by atoms with Crippen molar-refractivity contribution in [1.29, 1.82) is 0 Å². The number of benzene rings is 1. The summed E-state index contributed by atoms with van der Waals surface area (Å²) in [6, 6.07) is 6.43. The fourth-order valence-electron chi connectivity index (χ4n) is 2.42. The Kier molecular flexibility index (Phi) is 4.57. The van der Waals surface area contributed by atoms with E-state index in [1.807, 2.05) is 25.2 Å². The second-order valence-electron chi connectivity index (χ2n) is 4.85. The average molecular weight is 277 g/mol. The molecule has 2 amide bonds. The summed E-state index contributed by atoms with van der Waals surface area (Å²) >= 11 is 0. The summed E-state index contributed by atoms with van der Waals surface area (Å²) in [7, 11) is 1.85. The van der Waals surface area contributed by atoms with Crippen LogP contribution in [-0.2, 0) is 11.3 Å². The maximum atomic E-state index is 12.1. The zero-order chi connectivity index (χ0) is 14.5. The molecule has 1 aliphatic heterocycles. The Labute approximate surface area is 117 Å². The summed E-state index contributed by atoms with van der Waals surface area (Å²) in [4.78, 5) is 24.6. The highest BCUT2D eigenvalue weighted by Gasteiger charge is 2.33. The zero-order valence-electron chi connectivity index (χ0n) is 11.4. The average Bonchev–Trinajstić information content (AvgIpc) is 2.89. The van der Waals surface area contributed by atoms with Gasteiger partial charge in [0.25, 0.3) is 0 Å². The van der Waals surface area contributed by atoms with E-state index >= 15 is 0 Å². The maximum Gasteiger partial charge on any atom is 0.326 e. The highest BCUT2D eigenvalue weighted by Crippen LogP contribution is 2.19. The van der Waals surface area contributed by atoms with Crippen molar-refractivity contribution in [3.8, 4) is 0 Å². The largest absolute Gasteiger partial charge is 0.480 e. The van der Waals surface area contributed by atoms with Crippen molar-refractivity contribution < 1.29 is 14.7 Å². The Morgan fingerprint density at radius 2 is 2.25 bits per heavy atom. The van der Waals surface area contributed by atoms with Gasteiger partial charge in [0.05, 0.1) is 0 Å². The van der Waals surface area contributed by atoms with Crippen molar-refractivity contribution in [2.45, 2.75) is 25.4 Å². The first-order valence-corrected chi connectivity index (χ1v) is 6.66. The Morgan fingerprint density at radius 3 is 2.95 bits per heavy atom. The van der Waals surface area contributed by atoms with Crippen molar-refractivity contribution in [1.82, 2.24) is 10.2 Å². The molecule has 1 saturated heterocycles. The summed E-state index contributed by atoms with van der Waals surface area (Å²) in [6.07, 6.45) is 1.24. The fraction of sp³-hybridized carbons (Fsp3) is 0.429. The molecule has 1 aromatic rings. The first kappa shape index (κ1) is 14.3. The molecule has 6 heteroatoms. The van der Waals surface area contributed by atoms with Crippen LogP contribution in [0.2, 0.25) is 0 Å². The maximum absolute atomic E-state index is 12.1. The van der Waals surface area contributed by atoms with Gasteiger partial charge in [-0.2, -0.15) is 0 Å². The molecule has 20 heavy (non-hydrogen) atoms. The van der Waals surface area contributed by atoms with E-state index in [1.54, 1.807) is 6.07 Å². The summed E-state index contributed by atoms with van der Waals surface area (Å²) < 4.78 is 0. The van der Waals surface area contributed by atoms with Crippen LogP contribution in [0.15, 0.2) is 24.3 Å². The highest BCUT2D eigenvalue weighted by atomic mass is 16.4. The van der Waals surface area contributed by atoms with E-state index in [0.29, 0.717) is 25.2 Å². The van der Waals surface area contributed by atoms with E-state index < -0.39 is 12.0 Å². The highest BCUT2D eigenvalue weighted by molar-refractivity contribution is 5.92. The van der Waals surface area contributed by atoms with Crippen LogP contribution < -0.4 is 10.6 Å². The number of carbonyl (C=O) groups is 2. The number of carboxylic acids is 1. The number of nitrogens with one attached hydrogen (secondary N) is 2. The lowest BCUT2D eigenvalue weighted by Crippen LogP contribution is -2.42. The Balaban J connectivity index is 2.04. The third kappa shape index (κ3) is 3.27. The second kappa shape index (κ2) is 6.38. The summed E-state index contributed by atoms with van der Waals surface area (Å²) in [5, 5.41) is 14.9. The van der Waals surface area contributed by atoms with Gasteiger partial charge in [0, 0.05) is 18.8 Å². The lowest BCUT2D eigenvalue weighted by atomic mass is 10.2. The minimum atomic E-state index is -0.943. The summed E-state index contributed by atoms with van der Waals surface area (Å²) in [5.41, 5.74) is 1.74. The number of rotatable bonds is 4. The molecule has 1 atom stereocenters. The van der Waals surface area contributed by atoms with E-state index in [-0.39, 0.29) is 6.03 Å². The summed E-state index contributed by atoms with van der Waals surface area (Å²) in [5.74, 6) is -0.943. The molecule has 1 aliphatic rings. The quantitative estimate of drug-likeness (QED) is 0.778. The van der Waals surface area contributed by atoms with E-state index in [1.165, 1.54) is 4.90 Å². The number of urea groups is 1. The van der Waals surface area contributed by atoms with Gasteiger partial charge in [0.2, 0.25) is 0 Å². The third-order valence-electron chi connectivity index (χ3n) is 3.36. The number of hydrogen-bond acceptors (Lipinski definition) is 3. The van der Waals surface area contributed by atoms with E-state index in [2.05, 4.69) is 10.6 Å². The Morgan fingerprint density at radius 1 is 1.45 bits per heavy atom. The molecule has 0 radical (unpaired) electrons. The molecular weight excluding hydrogens is 258 g/mol. The molecule has 1 heterocycles. The topological polar surface area (TPSA) is 81.7 Å². The molecular formula is C14H19N3O3. The van der Waals surface area contributed by atoms with Gasteiger partial charge in [-0.25, -0.2) is 9.59 Å². The minimum absolute atomic E-state index is 0.350. The van der Waals surface area contributed by atoms with Gasteiger partial charge in [-0.3, -0.25) is 0 Å². The van der Waals surface area contributed by atoms with Crippen molar-refractivity contribution in [2.24, 2.45) is 0 Å².